The summed E-state index contributed by atoms with van der Waals surface area (Å²) in [4.78, 5) is 7.18. The number of nitrogens with one attached hydrogen (secondary N) is 1. The Kier molecular flexibility index (Phi) is 7.36. The van der Waals surface area contributed by atoms with Gasteiger partial charge in [-0.3, -0.25) is 0 Å². The second-order valence-corrected chi connectivity index (χ2v) is 2.63. The molecule has 2 aromatic rings. The van der Waals surface area contributed by atoms with E-state index in [0.717, 1.165) is 17.0 Å². The molecule has 0 spiro atoms. The summed E-state index contributed by atoms with van der Waals surface area (Å²) < 4.78 is 0. The average molecular weight is 275 g/mol. The quantitative estimate of drug-likeness (QED) is 0.796. The summed E-state index contributed by atoms with van der Waals surface area (Å²) in [6.45, 7) is 8.81. The van der Waals surface area contributed by atoms with Gasteiger partial charge in [-0.15, -0.1) is 12.1 Å². The van der Waals surface area contributed by atoms with Gasteiger partial charge in [0.25, 0.3) is 0 Å². The maximum atomic E-state index is 4.14. The molecule has 3 heteroatoms. The topological polar surface area (TPSA) is 28.7 Å². The van der Waals surface area contributed by atoms with Gasteiger partial charge in [-0.2, -0.15) is 31.5 Å². The predicted molar refractivity (Wildman–Crippen MR) is 59.5 cm³/mol. The molecule has 1 aromatic heterocycles. The number of aromatic amines is 1. The minimum atomic E-state index is 0. The molecule has 1 N–H and O–H groups in total. The van der Waals surface area contributed by atoms with Gasteiger partial charge in [0, 0.05) is 45.1 Å². The van der Waals surface area contributed by atoms with Crippen LogP contribution in [0.25, 0.3) is 11.4 Å². The number of hydrogen-bond donors (Lipinski definition) is 1. The van der Waals surface area contributed by atoms with Crippen molar-refractivity contribution in [2.45, 2.75) is 6.92 Å². The number of aromatic nitrogens is 2. The minimum Gasteiger partial charge on any atom is -0.346 e. The second-order valence-electron chi connectivity index (χ2n) is 2.63. The summed E-state index contributed by atoms with van der Waals surface area (Å²) in [7, 11) is 0. The fourth-order valence-corrected chi connectivity index (χ4v) is 1.09. The molecule has 0 aliphatic heterocycles. The van der Waals surface area contributed by atoms with Gasteiger partial charge in [0.15, 0.2) is 0 Å². The van der Waals surface area contributed by atoms with E-state index < -0.39 is 0 Å². The SMILES string of the molecule is [CH2-]C.[CH2-]c1ccc(-c2ncc[nH]2)cc1.[Y]. The van der Waals surface area contributed by atoms with Gasteiger partial charge >= 0.3 is 0 Å². The molecule has 0 saturated heterocycles. The van der Waals surface area contributed by atoms with Crippen molar-refractivity contribution in [3.63, 3.8) is 0 Å². The zero-order valence-electron chi connectivity index (χ0n) is 8.90. The van der Waals surface area contributed by atoms with E-state index in [9.17, 15) is 0 Å². The Balaban J connectivity index is 0.000000617. The molecular weight excluding hydrogens is 261 g/mol. The first-order valence-electron chi connectivity index (χ1n) is 4.49. The van der Waals surface area contributed by atoms with Crippen LogP contribution in [-0.2, 0) is 32.7 Å². The van der Waals surface area contributed by atoms with Crippen molar-refractivity contribution in [1.29, 1.82) is 0 Å². The summed E-state index contributed by atoms with van der Waals surface area (Å²) in [5.41, 5.74) is 2.11. The third-order valence-corrected chi connectivity index (χ3v) is 1.73. The first kappa shape index (κ1) is 14.4. The molecule has 15 heavy (non-hydrogen) atoms. The first-order valence-corrected chi connectivity index (χ1v) is 4.49. The van der Waals surface area contributed by atoms with Gasteiger partial charge in [-0.25, -0.2) is 4.98 Å². The van der Waals surface area contributed by atoms with Gasteiger partial charge in [0.2, 0.25) is 0 Å². The van der Waals surface area contributed by atoms with E-state index in [-0.39, 0.29) is 32.7 Å². The fraction of sp³-hybridized carbons (Fsp3) is 0.0833. The zero-order valence-corrected chi connectivity index (χ0v) is 11.7. The fourth-order valence-electron chi connectivity index (χ4n) is 1.09. The van der Waals surface area contributed by atoms with Gasteiger partial charge in [0.1, 0.15) is 5.82 Å². The summed E-state index contributed by atoms with van der Waals surface area (Å²) in [6.07, 6.45) is 3.56. The molecule has 1 radical (unpaired) electrons. The number of imidazole rings is 1. The maximum Gasteiger partial charge on any atom is 0.135 e. The monoisotopic (exact) mass is 275 g/mol. The summed E-state index contributed by atoms with van der Waals surface area (Å²) >= 11 is 0. The standard InChI is InChI=1S/C10H9N2.C2H5.Y/c1-8-2-4-9(5-3-8)10-11-6-7-12-10;1-2;/h2-7H,1H2,(H,11,12);1H2,2H3;/q2*-1;. The second kappa shape index (κ2) is 7.66. The molecule has 0 fully saturated rings. The molecule has 0 saturated carbocycles. The third kappa shape index (κ3) is 4.19. The van der Waals surface area contributed by atoms with Crippen LogP contribution in [0.2, 0.25) is 0 Å². The molecule has 0 bridgehead atoms. The first-order chi connectivity index (χ1) is 6.86. The third-order valence-electron chi connectivity index (χ3n) is 1.73. The molecule has 2 nitrogen and oxygen atoms in total. The van der Waals surface area contributed by atoms with E-state index in [1.54, 1.807) is 13.1 Å². The smallest absolute Gasteiger partial charge is 0.135 e. The van der Waals surface area contributed by atoms with Crippen LogP contribution < -0.4 is 0 Å². The summed E-state index contributed by atoms with van der Waals surface area (Å²) in [5.74, 6) is 0.898. The molecule has 0 aliphatic carbocycles. The number of hydrogen-bond acceptors (Lipinski definition) is 1. The number of rotatable bonds is 1. The predicted octanol–water partition coefficient (Wildman–Crippen LogP) is 3.10. The number of nitrogens with zero attached hydrogens (tertiary/aromatic N) is 1. The normalized spacial score (nSPS) is 8.40. The minimum absolute atomic E-state index is 0. The van der Waals surface area contributed by atoms with Crippen LogP contribution in [-0.4, -0.2) is 9.97 Å². The van der Waals surface area contributed by atoms with Crippen LogP contribution in [0.4, 0.5) is 0 Å². The van der Waals surface area contributed by atoms with Crippen molar-refractivity contribution in [1.82, 2.24) is 9.97 Å². The van der Waals surface area contributed by atoms with Crippen LogP contribution in [0.1, 0.15) is 12.5 Å². The van der Waals surface area contributed by atoms with Crippen LogP contribution in [0, 0.1) is 13.8 Å². The molecule has 77 valence electrons. The van der Waals surface area contributed by atoms with Crippen LogP contribution in [0.15, 0.2) is 36.7 Å². The van der Waals surface area contributed by atoms with Crippen molar-refractivity contribution in [3.05, 3.63) is 56.1 Å². The number of H-pyrrole nitrogens is 1. The molecule has 1 aromatic carbocycles. The van der Waals surface area contributed by atoms with E-state index >= 15 is 0 Å². The zero-order chi connectivity index (χ0) is 10.4. The molecule has 0 aliphatic rings. The van der Waals surface area contributed by atoms with Crippen molar-refractivity contribution >= 4 is 0 Å². The van der Waals surface area contributed by atoms with E-state index in [0.29, 0.717) is 0 Å². The Labute approximate surface area is 116 Å². The largest absolute Gasteiger partial charge is 0.346 e. The Morgan fingerprint density at radius 2 is 1.73 bits per heavy atom. The van der Waals surface area contributed by atoms with E-state index in [1.807, 2.05) is 30.5 Å². The molecule has 2 rings (SSSR count). The van der Waals surface area contributed by atoms with Crippen molar-refractivity contribution in [2.75, 3.05) is 0 Å². The van der Waals surface area contributed by atoms with Gasteiger partial charge in [0.05, 0.1) is 0 Å². The van der Waals surface area contributed by atoms with Crippen molar-refractivity contribution in [2.24, 2.45) is 0 Å². The van der Waals surface area contributed by atoms with Crippen LogP contribution in [0.5, 0.6) is 0 Å². The van der Waals surface area contributed by atoms with E-state index in [1.165, 1.54) is 0 Å². The molecule has 0 atom stereocenters. The van der Waals surface area contributed by atoms with Crippen molar-refractivity contribution in [3.8, 4) is 11.4 Å². The van der Waals surface area contributed by atoms with Crippen LogP contribution >= 0.6 is 0 Å². The van der Waals surface area contributed by atoms with E-state index in [4.69, 9.17) is 0 Å². The van der Waals surface area contributed by atoms with Gasteiger partial charge < -0.3 is 11.9 Å². The van der Waals surface area contributed by atoms with E-state index in [2.05, 4.69) is 23.8 Å². The Morgan fingerprint density at radius 1 is 1.13 bits per heavy atom. The molecular formula is C12H14N2Y-2. The molecule has 0 amide bonds. The summed E-state index contributed by atoms with van der Waals surface area (Å²) in [6, 6.07) is 7.94. The molecule has 0 unspecified atom stereocenters. The van der Waals surface area contributed by atoms with Crippen LogP contribution in [0.3, 0.4) is 0 Å². The maximum absolute atomic E-state index is 4.14. The Morgan fingerprint density at radius 3 is 2.20 bits per heavy atom. The van der Waals surface area contributed by atoms with Gasteiger partial charge in [-0.05, 0) is 5.56 Å². The molecule has 1 heterocycles. The average Bonchev–Trinajstić information content (AvgIpc) is 2.75. The number of benzene rings is 1. The Hall–Kier alpha value is -0.596. The van der Waals surface area contributed by atoms with Crippen molar-refractivity contribution < 1.29 is 32.7 Å². The van der Waals surface area contributed by atoms with Gasteiger partial charge in [-0.1, -0.05) is 0 Å². The summed E-state index contributed by atoms with van der Waals surface area (Å²) in [5, 5.41) is 0. The Bertz CT molecular complexity index is 352.